The number of benzene rings is 2. The second-order valence-electron chi connectivity index (χ2n) is 14.2. The van der Waals surface area contributed by atoms with Crippen LogP contribution in [0.4, 0.5) is 4.39 Å². The van der Waals surface area contributed by atoms with E-state index in [9.17, 15) is 4.39 Å². The molecule has 5 heteroatoms. The first kappa shape index (κ1) is 45.6. The zero-order valence-electron chi connectivity index (χ0n) is 34.7. The number of hydrogen-bond acceptors (Lipinski definition) is 3. The van der Waals surface area contributed by atoms with Crippen molar-refractivity contribution < 1.29 is 4.39 Å². The largest absolute Gasteiger partial charge is 0.380 e. The van der Waals surface area contributed by atoms with Crippen LogP contribution in [0.25, 0.3) is 11.8 Å². The van der Waals surface area contributed by atoms with E-state index >= 15 is 0 Å². The minimum atomic E-state index is -0.774. The SMILES string of the molecule is C=C(CN(C)/C=C(C)\C(C)=C/C)N(C)C.C=C/C=C\n1ncc(C(=C)C(C)C)c1C.CCCc1ccc(Cc2ccc(CC(C)F)cc2)cc1CC. The molecule has 1 heterocycles. The van der Waals surface area contributed by atoms with Gasteiger partial charge in [0.2, 0.25) is 0 Å². The molecule has 3 rings (SSSR count). The summed E-state index contributed by atoms with van der Waals surface area (Å²) in [5.41, 5.74) is 13.8. The molecule has 4 nitrogen and oxygen atoms in total. The van der Waals surface area contributed by atoms with E-state index in [0.29, 0.717) is 12.3 Å². The van der Waals surface area contributed by atoms with E-state index < -0.39 is 6.17 Å². The van der Waals surface area contributed by atoms with Crippen molar-refractivity contribution in [1.29, 1.82) is 0 Å². The number of aryl methyl sites for hydroxylation is 2. The van der Waals surface area contributed by atoms with E-state index in [-0.39, 0.29) is 0 Å². The summed E-state index contributed by atoms with van der Waals surface area (Å²) in [6.45, 7) is 31.3. The van der Waals surface area contributed by atoms with Gasteiger partial charge < -0.3 is 9.80 Å². The lowest BCUT2D eigenvalue weighted by atomic mass is 9.95. The van der Waals surface area contributed by atoms with Crippen molar-refractivity contribution in [3.8, 4) is 0 Å². The number of alkyl halides is 1. The van der Waals surface area contributed by atoms with Crippen LogP contribution in [0.5, 0.6) is 0 Å². The lowest BCUT2D eigenvalue weighted by Crippen LogP contribution is -2.22. The highest BCUT2D eigenvalue weighted by atomic mass is 19.1. The summed E-state index contributed by atoms with van der Waals surface area (Å²) in [6, 6.07) is 15.3. The van der Waals surface area contributed by atoms with Gasteiger partial charge in [-0.05, 0) is 105 Å². The highest BCUT2D eigenvalue weighted by Gasteiger charge is 2.10. The maximum Gasteiger partial charge on any atom is 0.101 e. The number of allylic oxidation sites excluding steroid dienone is 6. The summed E-state index contributed by atoms with van der Waals surface area (Å²) in [5.74, 6) is 0.449. The molecule has 0 aliphatic rings. The van der Waals surface area contributed by atoms with Crippen molar-refractivity contribution >= 4 is 11.8 Å². The summed E-state index contributed by atoms with van der Waals surface area (Å²) in [5, 5.41) is 4.28. The Balaban J connectivity index is 0.000000403. The van der Waals surface area contributed by atoms with E-state index in [4.69, 9.17) is 0 Å². The fourth-order valence-electron chi connectivity index (χ4n) is 5.46. The Morgan fingerprint density at radius 3 is 2.06 bits per heavy atom. The second kappa shape index (κ2) is 24.0. The molecule has 52 heavy (non-hydrogen) atoms. The fourth-order valence-corrected chi connectivity index (χ4v) is 5.46. The van der Waals surface area contributed by atoms with E-state index in [0.717, 1.165) is 47.5 Å². The van der Waals surface area contributed by atoms with Crippen LogP contribution in [0.2, 0.25) is 0 Å². The number of hydrogen-bond donors (Lipinski definition) is 0. The molecule has 0 radical (unpaired) electrons. The van der Waals surface area contributed by atoms with Crippen LogP contribution in [-0.4, -0.2) is 53.4 Å². The molecule has 0 aliphatic carbocycles. The molecule has 2 aromatic carbocycles. The van der Waals surface area contributed by atoms with Gasteiger partial charge >= 0.3 is 0 Å². The molecule has 1 aromatic heterocycles. The molecule has 0 spiro atoms. The standard InChI is InChI=1S/C21H27F.C13H18N2.C13H24N2/c1-4-6-21-12-11-19(15-20(21)5-2)14-18-9-7-17(8-10-18)13-16(3)22;1-6-7-8-15-12(5)13(9-14-15)11(4)10(2)3;1-8-11(2)12(3)9-15(7)10-13(4)14(5)6/h7-12,15-16H,4-6,13-14H2,1-3H3;6-10H,1,4H2,2-3,5H3;8-9H,4,10H2,1-3,5-7H3/b;8-7-;11-8-,12-9-. The van der Waals surface area contributed by atoms with E-state index in [1.54, 1.807) is 13.0 Å². The van der Waals surface area contributed by atoms with Crippen molar-refractivity contribution in [2.45, 2.75) is 101 Å². The van der Waals surface area contributed by atoms with Gasteiger partial charge in [-0.1, -0.05) is 114 Å². The summed E-state index contributed by atoms with van der Waals surface area (Å²) in [6.07, 6.45) is 15.8. The van der Waals surface area contributed by atoms with Gasteiger partial charge in [0.1, 0.15) is 6.17 Å². The molecular formula is C47H69FN4. The molecule has 0 fully saturated rings. The Kier molecular flexibility index (Phi) is 21.0. The summed E-state index contributed by atoms with van der Waals surface area (Å²) in [4.78, 5) is 4.20. The molecule has 0 bridgehead atoms. The molecule has 1 unspecified atom stereocenters. The number of likely N-dealkylation sites (N-methyl/N-ethyl adjacent to an activating group) is 2. The first-order valence-electron chi connectivity index (χ1n) is 18.8. The highest BCUT2D eigenvalue weighted by molar-refractivity contribution is 5.66. The minimum absolute atomic E-state index is 0.449. The molecule has 0 amide bonds. The number of halogens is 1. The normalized spacial score (nSPS) is 12.1. The third kappa shape index (κ3) is 16.3. The summed E-state index contributed by atoms with van der Waals surface area (Å²) < 4.78 is 14.9. The molecule has 1 atom stereocenters. The minimum Gasteiger partial charge on any atom is -0.380 e. The van der Waals surface area contributed by atoms with Crippen molar-refractivity contribution in [2.75, 3.05) is 27.7 Å². The first-order valence-corrected chi connectivity index (χ1v) is 18.8. The molecule has 0 saturated carbocycles. The Hall–Kier alpha value is -4.38. The maximum atomic E-state index is 13.0. The molecule has 0 aliphatic heterocycles. The van der Waals surface area contributed by atoms with Crippen LogP contribution in [-0.2, 0) is 25.7 Å². The lowest BCUT2D eigenvalue weighted by molar-refractivity contribution is 0.360. The van der Waals surface area contributed by atoms with Gasteiger partial charge in [0.25, 0.3) is 0 Å². The van der Waals surface area contributed by atoms with Gasteiger partial charge in [-0.25, -0.2) is 9.07 Å². The van der Waals surface area contributed by atoms with E-state index in [2.05, 4.69) is 140 Å². The smallest absolute Gasteiger partial charge is 0.101 e. The van der Waals surface area contributed by atoms with Gasteiger partial charge in [0.15, 0.2) is 0 Å². The topological polar surface area (TPSA) is 24.3 Å². The Labute approximate surface area is 317 Å². The average molecular weight is 709 g/mol. The van der Waals surface area contributed by atoms with Crippen molar-refractivity contribution in [3.63, 3.8) is 0 Å². The van der Waals surface area contributed by atoms with Gasteiger partial charge in [-0.15, -0.1) is 0 Å². The molecule has 0 saturated heterocycles. The monoisotopic (exact) mass is 709 g/mol. The maximum absolute atomic E-state index is 13.0. The summed E-state index contributed by atoms with van der Waals surface area (Å²) in [7, 11) is 6.11. The van der Waals surface area contributed by atoms with Gasteiger partial charge in [-0.3, -0.25) is 0 Å². The molecule has 0 N–H and O–H groups in total. The lowest BCUT2D eigenvalue weighted by Gasteiger charge is -2.22. The van der Waals surface area contributed by atoms with Crippen molar-refractivity contribution in [1.82, 2.24) is 19.6 Å². The van der Waals surface area contributed by atoms with Crippen LogP contribution in [0, 0.1) is 12.8 Å². The van der Waals surface area contributed by atoms with Crippen LogP contribution in [0.3, 0.4) is 0 Å². The van der Waals surface area contributed by atoms with E-state index in [1.165, 1.54) is 46.2 Å². The number of nitrogens with zero attached hydrogens (tertiary/aromatic N) is 4. The Bertz CT molecular complexity index is 1630. The molecule has 284 valence electrons. The quantitative estimate of drug-likeness (QED) is 0.138. The third-order valence-corrected chi connectivity index (χ3v) is 9.10. The van der Waals surface area contributed by atoms with Crippen LogP contribution in [0.15, 0.2) is 110 Å². The van der Waals surface area contributed by atoms with Crippen LogP contribution >= 0.6 is 0 Å². The summed E-state index contributed by atoms with van der Waals surface area (Å²) >= 11 is 0. The van der Waals surface area contributed by atoms with Crippen molar-refractivity contribution in [3.05, 3.63) is 149 Å². The van der Waals surface area contributed by atoms with Gasteiger partial charge in [0.05, 0.1) is 12.7 Å². The number of rotatable bonds is 16. The molecule has 3 aromatic rings. The number of aromatic nitrogens is 2. The molecular weight excluding hydrogens is 640 g/mol. The van der Waals surface area contributed by atoms with Crippen molar-refractivity contribution in [2.24, 2.45) is 5.92 Å². The second-order valence-corrected chi connectivity index (χ2v) is 14.2. The van der Waals surface area contributed by atoms with E-state index in [1.807, 2.05) is 49.1 Å². The first-order chi connectivity index (χ1) is 24.6. The third-order valence-electron chi connectivity index (χ3n) is 9.10. The highest BCUT2D eigenvalue weighted by Crippen LogP contribution is 2.24. The van der Waals surface area contributed by atoms with Gasteiger partial charge in [0, 0.05) is 56.9 Å². The van der Waals surface area contributed by atoms with Crippen LogP contribution < -0.4 is 0 Å². The zero-order valence-corrected chi connectivity index (χ0v) is 34.7. The zero-order chi connectivity index (χ0) is 39.4. The fraction of sp³-hybridized carbons (Fsp3) is 0.426. The van der Waals surface area contributed by atoms with Crippen LogP contribution in [0.1, 0.15) is 101 Å². The predicted molar refractivity (Wildman–Crippen MR) is 228 cm³/mol. The average Bonchev–Trinajstić information content (AvgIpc) is 3.47. The Morgan fingerprint density at radius 1 is 0.923 bits per heavy atom. The predicted octanol–water partition coefficient (Wildman–Crippen LogP) is 12.1. The van der Waals surface area contributed by atoms with Gasteiger partial charge in [-0.2, -0.15) is 5.10 Å². The Morgan fingerprint density at radius 2 is 1.54 bits per heavy atom.